The maximum atomic E-state index is 2.33. The molecular formula is C14H24S. The Labute approximate surface area is 98.7 Å². The zero-order valence-electron chi connectivity index (χ0n) is 11.0. The molecule has 0 radical (unpaired) electrons. The third-order valence-electron chi connectivity index (χ3n) is 2.91. The van der Waals surface area contributed by atoms with Crippen molar-refractivity contribution in [3.8, 4) is 0 Å². The van der Waals surface area contributed by atoms with E-state index in [0.29, 0.717) is 5.41 Å². The Morgan fingerprint density at radius 3 is 1.73 bits per heavy atom. The van der Waals surface area contributed by atoms with E-state index in [1.165, 1.54) is 19.3 Å². The summed E-state index contributed by atoms with van der Waals surface area (Å²) in [5.41, 5.74) is 3.58. The van der Waals surface area contributed by atoms with Crippen molar-refractivity contribution in [1.29, 1.82) is 0 Å². The number of hydrogen-bond donors (Lipinski definition) is 0. The van der Waals surface area contributed by atoms with Gasteiger partial charge in [-0.05, 0) is 35.8 Å². The summed E-state index contributed by atoms with van der Waals surface area (Å²) in [6, 6.07) is 0. The molecule has 1 rings (SSSR count). The fraction of sp³-hybridized carbons (Fsp3) is 0.714. The summed E-state index contributed by atoms with van der Waals surface area (Å²) in [5.74, 6) is 0. The van der Waals surface area contributed by atoms with E-state index >= 15 is 0 Å². The first-order chi connectivity index (χ1) is 6.95. The van der Waals surface area contributed by atoms with E-state index < -0.39 is 0 Å². The van der Waals surface area contributed by atoms with Crippen LogP contribution < -0.4 is 0 Å². The molecule has 0 aliphatic carbocycles. The van der Waals surface area contributed by atoms with Gasteiger partial charge in [0.1, 0.15) is 0 Å². The van der Waals surface area contributed by atoms with Gasteiger partial charge in [0.25, 0.3) is 0 Å². The minimum Gasteiger partial charge on any atom is -0.144 e. The molecule has 15 heavy (non-hydrogen) atoms. The van der Waals surface area contributed by atoms with Gasteiger partial charge >= 0.3 is 0 Å². The van der Waals surface area contributed by atoms with Gasteiger partial charge in [-0.1, -0.05) is 41.5 Å². The number of hydrogen-bond acceptors (Lipinski definition) is 1. The average molecular weight is 224 g/mol. The molecule has 0 N–H and O–H groups in total. The predicted octanol–water partition coefficient (Wildman–Crippen LogP) is 4.73. The van der Waals surface area contributed by atoms with E-state index in [9.17, 15) is 0 Å². The van der Waals surface area contributed by atoms with Gasteiger partial charge in [-0.25, -0.2) is 0 Å². The highest BCUT2D eigenvalue weighted by Gasteiger charge is 2.23. The van der Waals surface area contributed by atoms with Crippen molar-refractivity contribution in [2.75, 3.05) is 0 Å². The Bertz CT molecular complexity index is 326. The zero-order valence-corrected chi connectivity index (χ0v) is 11.8. The fourth-order valence-electron chi connectivity index (χ4n) is 2.23. The fourth-order valence-corrected chi connectivity index (χ4v) is 3.71. The van der Waals surface area contributed by atoms with Crippen molar-refractivity contribution in [2.24, 2.45) is 0 Å². The molecule has 0 aromatic carbocycles. The molecular weight excluding hydrogens is 200 g/mol. The Kier molecular flexibility index (Phi) is 3.99. The SMILES string of the molecule is CCc1sc(C(C)(C)C)c(CC)c1CC. The van der Waals surface area contributed by atoms with Crippen LogP contribution in [-0.2, 0) is 24.7 Å². The van der Waals surface area contributed by atoms with E-state index in [2.05, 4.69) is 41.5 Å². The van der Waals surface area contributed by atoms with Crippen LogP contribution in [0.4, 0.5) is 0 Å². The lowest BCUT2D eigenvalue weighted by Gasteiger charge is -2.19. The number of aryl methyl sites for hydroxylation is 1. The first-order valence-corrected chi connectivity index (χ1v) is 6.91. The molecule has 0 aliphatic rings. The van der Waals surface area contributed by atoms with Crippen LogP contribution in [0, 0.1) is 0 Å². The van der Waals surface area contributed by atoms with Crippen LogP contribution in [0.2, 0.25) is 0 Å². The third-order valence-corrected chi connectivity index (χ3v) is 4.75. The molecule has 0 atom stereocenters. The highest BCUT2D eigenvalue weighted by atomic mass is 32.1. The summed E-state index contributed by atoms with van der Waals surface area (Å²) in [6.07, 6.45) is 3.57. The summed E-state index contributed by atoms with van der Waals surface area (Å²) in [4.78, 5) is 3.22. The highest BCUT2D eigenvalue weighted by molar-refractivity contribution is 7.12. The first-order valence-electron chi connectivity index (χ1n) is 6.09. The molecule has 0 saturated carbocycles. The summed E-state index contributed by atoms with van der Waals surface area (Å²) in [6.45, 7) is 13.8. The monoisotopic (exact) mass is 224 g/mol. The van der Waals surface area contributed by atoms with E-state index in [4.69, 9.17) is 0 Å². The van der Waals surface area contributed by atoms with Gasteiger partial charge in [0.2, 0.25) is 0 Å². The summed E-state index contributed by atoms with van der Waals surface area (Å²) in [5, 5.41) is 0. The van der Waals surface area contributed by atoms with Gasteiger partial charge in [0, 0.05) is 9.75 Å². The molecule has 0 unspecified atom stereocenters. The van der Waals surface area contributed by atoms with Crippen LogP contribution in [0.5, 0.6) is 0 Å². The minimum absolute atomic E-state index is 0.313. The molecule has 0 nitrogen and oxygen atoms in total. The van der Waals surface area contributed by atoms with Gasteiger partial charge < -0.3 is 0 Å². The van der Waals surface area contributed by atoms with Gasteiger partial charge in [-0.3, -0.25) is 0 Å². The molecule has 0 saturated heterocycles. The first kappa shape index (κ1) is 12.8. The van der Waals surface area contributed by atoms with Gasteiger partial charge in [0.05, 0.1) is 0 Å². The van der Waals surface area contributed by atoms with Crippen LogP contribution in [0.25, 0.3) is 0 Å². The Hall–Kier alpha value is -0.300. The van der Waals surface area contributed by atoms with Crippen molar-refractivity contribution in [3.05, 3.63) is 20.9 Å². The topological polar surface area (TPSA) is 0 Å². The minimum atomic E-state index is 0.313. The largest absolute Gasteiger partial charge is 0.144 e. The highest BCUT2D eigenvalue weighted by Crippen LogP contribution is 2.38. The quantitative estimate of drug-likeness (QED) is 0.696. The van der Waals surface area contributed by atoms with Crippen molar-refractivity contribution >= 4 is 11.3 Å². The van der Waals surface area contributed by atoms with Gasteiger partial charge in [0.15, 0.2) is 0 Å². The van der Waals surface area contributed by atoms with Crippen molar-refractivity contribution < 1.29 is 0 Å². The summed E-state index contributed by atoms with van der Waals surface area (Å²) in [7, 11) is 0. The Morgan fingerprint density at radius 2 is 1.40 bits per heavy atom. The molecule has 1 aromatic rings. The molecule has 1 heteroatoms. The molecule has 1 aromatic heterocycles. The van der Waals surface area contributed by atoms with E-state index in [0.717, 1.165) is 0 Å². The molecule has 86 valence electrons. The molecule has 0 spiro atoms. The van der Waals surface area contributed by atoms with E-state index in [1.807, 2.05) is 11.3 Å². The molecule has 0 bridgehead atoms. The summed E-state index contributed by atoms with van der Waals surface area (Å²) < 4.78 is 0. The molecule has 0 amide bonds. The average Bonchev–Trinajstić information content (AvgIpc) is 2.54. The van der Waals surface area contributed by atoms with Crippen molar-refractivity contribution in [1.82, 2.24) is 0 Å². The van der Waals surface area contributed by atoms with Gasteiger partial charge in [-0.15, -0.1) is 11.3 Å². The lowest BCUT2D eigenvalue weighted by Crippen LogP contribution is -2.11. The van der Waals surface area contributed by atoms with Crippen LogP contribution in [-0.4, -0.2) is 0 Å². The standard InChI is InChI=1S/C14H24S/c1-7-10-11(8-2)13(14(4,5)6)15-12(10)9-3/h7-9H2,1-6H3. The lowest BCUT2D eigenvalue weighted by molar-refractivity contribution is 0.597. The number of rotatable bonds is 3. The smallest absolute Gasteiger partial charge is 0.0136 e. The van der Waals surface area contributed by atoms with Crippen LogP contribution >= 0.6 is 11.3 Å². The Morgan fingerprint density at radius 1 is 0.867 bits per heavy atom. The lowest BCUT2D eigenvalue weighted by atomic mass is 9.88. The molecule has 1 heterocycles. The van der Waals surface area contributed by atoms with Crippen LogP contribution in [0.1, 0.15) is 62.4 Å². The van der Waals surface area contributed by atoms with Crippen molar-refractivity contribution in [2.45, 2.75) is 66.2 Å². The molecule has 0 aliphatic heterocycles. The Balaban J connectivity index is 3.34. The third kappa shape index (κ3) is 2.44. The normalized spacial score (nSPS) is 12.1. The second-order valence-corrected chi connectivity index (χ2v) is 6.23. The van der Waals surface area contributed by atoms with Gasteiger partial charge in [-0.2, -0.15) is 0 Å². The maximum Gasteiger partial charge on any atom is 0.0136 e. The zero-order chi connectivity index (χ0) is 11.6. The van der Waals surface area contributed by atoms with Crippen LogP contribution in [0.3, 0.4) is 0 Å². The molecule has 0 fully saturated rings. The number of thiophene rings is 1. The predicted molar refractivity (Wildman–Crippen MR) is 71.2 cm³/mol. The van der Waals surface area contributed by atoms with Crippen molar-refractivity contribution in [3.63, 3.8) is 0 Å². The second-order valence-electron chi connectivity index (χ2n) is 5.12. The second kappa shape index (κ2) is 4.69. The van der Waals surface area contributed by atoms with E-state index in [-0.39, 0.29) is 0 Å². The van der Waals surface area contributed by atoms with Crippen LogP contribution in [0.15, 0.2) is 0 Å². The van der Waals surface area contributed by atoms with E-state index in [1.54, 1.807) is 20.9 Å². The maximum absolute atomic E-state index is 2.33. The summed E-state index contributed by atoms with van der Waals surface area (Å²) >= 11 is 2.04.